The highest BCUT2D eigenvalue weighted by molar-refractivity contribution is 7.89. The molecule has 1 aromatic carbocycles. The summed E-state index contributed by atoms with van der Waals surface area (Å²) in [6.45, 7) is 0.784. The van der Waals surface area contributed by atoms with Crippen molar-refractivity contribution in [2.24, 2.45) is 0 Å². The van der Waals surface area contributed by atoms with Gasteiger partial charge in [-0.15, -0.1) is 13.2 Å². The molecule has 1 aromatic rings. The van der Waals surface area contributed by atoms with Crippen LogP contribution in [0, 0.1) is 6.42 Å². The van der Waals surface area contributed by atoms with Crippen molar-refractivity contribution >= 4 is 10.0 Å². The van der Waals surface area contributed by atoms with E-state index in [9.17, 15) is 21.6 Å². The number of sulfonamides is 1. The van der Waals surface area contributed by atoms with Crippen LogP contribution >= 0.6 is 0 Å². The molecule has 8 heteroatoms. The summed E-state index contributed by atoms with van der Waals surface area (Å²) in [5, 5.41) is 0. The highest BCUT2D eigenvalue weighted by atomic mass is 32.2. The standard InChI is InChI=1S/C12H13F3NO3S/c13-12(14,15)19-10-4-6-11(7-5-10)20(17,18)16-8-2-1-3-9-16/h1,4-7H,2-3,8-9H2. The first-order valence-corrected chi connectivity index (χ1v) is 7.41. The van der Waals surface area contributed by atoms with Crippen LogP contribution < -0.4 is 4.74 Å². The van der Waals surface area contributed by atoms with Crippen LogP contribution in [0.25, 0.3) is 0 Å². The second-order valence-corrected chi connectivity index (χ2v) is 6.23. The zero-order valence-corrected chi connectivity index (χ0v) is 11.2. The molecule has 0 saturated carbocycles. The van der Waals surface area contributed by atoms with Gasteiger partial charge in [0.2, 0.25) is 10.0 Å². The number of ether oxygens (including phenoxy) is 1. The van der Waals surface area contributed by atoms with E-state index < -0.39 is 22.1 Å². The van der Waals surface area contributed by atoms with Crippen LogP contribution in [-0.4, -0.2) is 32.2 Å². The molecule has 1 radical (unpaired) electrons. The Labute approximate surface area is 115 Å². The molecule has 0 amide bonds. The van der Waals surface area contributed by atoms with Crippen LogP contribution in [0.5, 0.6) is 5.75 Å². The van der Waals surface area contributed by atoms with Crippen LogP contribution in [0.3, 0.4) is 0 Å². The van der Waals surface area contributed by atoms with Crippen LogP contribution in [0.4, 0.5) is 13.2 Å². The van der Waals surface area contributed by atoms with E-state index in [0.717, 1.165) is 24.3 Å². The van der Waals surface area contributed by atoms with Gasteiger partial charge in [-0.25, -0.2) is 8.42 Å². The maximum Gasteiger partial charge on any atom is 0.573 e. The van der Waals surface area contributed by atoms with E-state index in [1.54, 1.807) is 0 Å². The van der Waals surface area contributed by atoms with Gasteiger partial charge < -0.3 is 4.74 Å². The third kappa shape index (κ3) is 3.63. The number of piperidine rings is 1. The van der Waals surface area contributed by atoms with Gasteiger partial charge in [0.25, 0.3) is 0 Å². The fourth-order valence-corrected chi connectivity index (χ4v) is 3.40. The minimum atomic E-state index is -4.79. The zero-order chi connectivity index (χ0) is 14.8. The lowest BCUT2D eigenvalue weighted by Crippen LogP contribution is -2.35. The average Bonchev–Trinajstić information content (AvgIpc) is 2.38. The van der Waals surface area contributed by atoms with E-state index in [4.69, 9.17) is 0 Å². The molecule has 0 spiro atoms. The number of benzene rings is 1. The number of rotatable bonds is 3. The molecular weight excluding hydrogens is 295 g/mol. The van der Waals surface area contributed by atoms with Gasteiger partial charge in [-0.05, 0) is 43.5 Å². The second kappa shape index (κ2) is 5.61. The third-order valence-electron chi connectivity index (χ3n) is 2.86. The van der Waals surface area contributed by atoms with Crippen molar-refractivity contribution in [3.05, 3.63) is 30.7 Å². The van der Waals surface area contributed by atoms with Gasteiger partial charge in [0.05, 0.1) is 4.90 Å². The van der Waals surface area contributed by atoms with Crippen molar-refractivity contribution < 1.29 is 26.3 Å². The lowest BCUT2D eigenvalue weighted by molar-refractivity contribution is -0.274. The summed E-state index contributed by atoms with van der Waals surface area (Å²) in [6, 6.07) is 4.23. The van der Waals surface area contributed by atoms with Gasteiger partial charge in [-0.3, -0.25) is 0 Å². The van der Waals surface area contributed by atoms with E-state index in [1.807, 2.05) is 6.42 Å². The minimum absolute atomic E-state index is 0.0334. The number of alkyl halides is 3. The molecule has 1 heterocycles. The van der Waals surface area contributed by atoms with Crippen molar-refractivity contribution in [2.75, 3.05) is 13.1 Å². The molecule has 0 aliphatic carbocycles. The van der Waals surface area contributed by atoms with Crippen LogP contribution in [0.15, 0.2) is 29.2 Å². The maximum absolute atomic E-state index is 12.2. The maximum atomic E-state index is 12.2. The van der Waals surface area contributed by atoms with Gasteiger partial charge in [0, 0.05) is 13.1 Å². The van der Waals surface area contributed by atoms with E-state index >= 15 is 0 Å². The van der Waals surface area contributed by atoms with Gasteiger partial charge in [0.15, 0.2) is 0 Å². The van der Waals surface area contributed by atoms with Gasteiger partial charge in [-0.1, -0.05) is 0 Å². The topological polar surface area (TPSA) is 46.6 Å². The fourth-order valence-electron chi connectivity index (χ4n) is 1.93. The van der Waals surface area contributed by atoms with Crippen LogP contribution in [-0.2, 0) is 10.0 Å². The largest absolute Gasteiger partial charge is 0.573 e. The first-order chi connectivity index (χ1) is 9.29. The molecule has 0 aromatic heterocycles. The molecule has 1 aliphatic heterocycles. The highest BCUT2D eigenvalue weighted by Gasteiger charge is 2.31. The summed E-state index contributed by atoms with van der Waals surface area (Å²) < 4.78 is 65.5. The molecule has 2 rings (SSSR count). The molecule has 0 unspecified atom stereocenters. The first-order valence-electron chi connectivity index (χ1n) is 5.97. The predicted molar refractivity (Wildman–Crippen MR) is 65.4 cm³/mol. The van der Waals surface area contributed by atoms with E-state index in [2.05, 4.69) is 4.74 Å². The summed E-state index contributed by atoms with van der Waals surface area (Å²) in [7, 11) is -3.65. The molecule has 111 valence electrons. The number of hydrogen-bond donors (Lipinski definition) is 0. The van der Waals surface area contributed by atoms with Gasteiger partial charge in [0.1, 0.15) is 5.75 Å². The summed E-state index contributed by atoms with van der Waals surface area (Å²) in [6.07, 6.45) is -1.43. The summed E-state index contributed by atoms with van der Waals surface area (Å²) >= 11 is 0. The highest BCUT2D eigenvalue weighted by Crippen LogP contribution is 2.26. The third-order valence-corrected chi connectivity index (χ3v) is 4.77. The van der Waals surface area contributed by atoms with Crippen molar-refractivity contribution in [1.29, 1.82) is 0 Å². The Kier molecular flexibility index (Phi) is 4.24. The average molecular weight is 308 g/mol. The monoisotopic (exact) mass is 308 g/mol. The molecule has 0 atom stereocenters. The molecule has 1 saturated heterocycles. The normalized spacial score (nSPS) is 17.9. The van der Waals surface area contributed by atoms with Crippen LogP contribution in [0.2, 0.25) is 0 Å². The molecule has 0 bridgehead atoms. The molecule has 1 aliphatic rings. The predicted octanol–water partition coefficient (Wildman–Crippen LogP) is 2.57. The number of nitrogens with zero attached hydrogens (tertiary/aromatic N) is 1. The van der Waals surface area contributed by atoms with Crippen molar-refractivity contribution in [1.82, 2.24) is 4.31 Å². The van der Waals surface area contributed by atoms with Crippen molar-refractivity contribution in [2.45, 2.75) is 24.1 Å². The summed E-state index contributed by atoms with van der Waals surface area (Å²) in [5.74, 6) is -0.441. The lowest BCUT2D eigenvalue weighted by atomic mass is 10.2. The second-order valence-electron chi connectivity index (χ2n) is 4.29. The summed E-state index contributed by atoms with van der Waals surface area (Å²) in [4.78, 5) is -0.0334. The van der Waals surface area contributed by atoms with Gasteiger partial charge in [-0.2, -0.15) is 4.31 Å². The molecule has 20 heavy (non-hydrogen) atoms. The Balaban J connectivity index is 2.16. The Bertz CT molecular complexity index is 548. The SMILES string of the molecule is O=S(=O)(c1ccc(OC(F)(F)F)cc1)N1CC[CH]CC1. The first kappa shape index (κ1) is 15.1. The molecule has 0 N–H and O–H groups in total. The fraction of sp³-hybridized carbons (Fsp3) is 0.417. The number of hydrogen-bond acceptors (Lipinski definition) is 3. The lowest BCUT2D eigenvalue weighted by Gasteiger charge is -2.25. The van der Waals surface area contributed by atoms with Gasteiger partial charge >= 0.3 is 6.36 Å². The molecule has 4 nitrogen and oxygen atoms in total. The molecule has 1 fully saturated rings. The van der Waals surface area contributed by atoms with Crippen molar-refractivity contribution in [3.8, 4) is 5.75 Å². The Hall–Kier alpha value is -1.28. The zero-order valence-electron chi connectivity index (χ0n) is 10.4. The van der Waals surface area contributed by atoms with E-state index in [0.29, 0.717) is 25.9 Å². The van der Waals surface area contributed by atoms with E-state index in [-0.39, 0.29) is 4.90 Å². The number of halogens is 3. The quantitative estimate of drug-likeness (QED) is 0.862. The Morgan fingerprint density at radius 3 is 2.10 bits per heavy atom. The Morgan fingerprint density at radius 1 is 1.05 bits per heavy atom. The van der Waals surface area contributed by atoms with E-state index in [1.165, 1.54) is 4.31 Å². The minimum Gasteiger partial charge on any atom is -0.406 e. The van der Waals surface area contributed by atoms with Crippen molar-refractivity contribution in [3.63, 3.8) is 0 Å². The Morgan fingerprint density at radius 2 is 1.60 bits per heavy atom. The summed E-state index contributed by atoms with van der Waals surface area (Å²) in [5.41, 5.74) is 0. The smallest absolute Gasteiger partial charge is 0.406 e. The molecular formula is C12H13F3NO3S. The van der Waals surface area contributed by atoms with Crippen LogP contribution in [0.1, 0.15) is 12.8 Å².